The van der Waals surface area contributed by atoms with E-state index in [1.54, 1.807) is 0 Å². The highest BCUT2D eigenvalue weighted by Gasteiger charge is 2.25. The van der Waals surface area contributed by atoms with E-state index in [1.165, 1.54) is 19.3 Å². The van der Waals surface area contributed by atoms with Gasteiger partial charge in [-0.3, -0.25) is 0 Å². The van der Waals surface area contributed by atoms with Crippen molar-refractivity contribution in [2.45, 2.75) is 69.8 Å². The van der Waals surface area contributed by atoms with E-state index >= 15 is 0 Å². The molecule has 3 nitrogen and oxygen atoms in total. The average Bonchev–Trinajstić information content (AvgIpc) is 2.40. The fraction of sp³-hybridized carbons (Fsp3) is 1.00. The summed E-state index contributed by atoms with van der Waals surface area (Å²) in [5.41, 5.74) is 0. The van der Waals surface area contributed by atoms with E-state index in [-0.39, 0.29) is 12.5 Å². The number of aliphatic hydroxyl groups is 1. The number of nitrogens with one attached hydrogen (secondary N) is 1. The summed E-state index contributed by atoms with van der Waals surface area (Å²) in [6, 6.07) is 0. The van der Waals surface area contributed by atoms with Crippen LogP contribution >= 0.6 is 0 Å². The summed E-state index contributed by atoms with van der Waals surface area (Å²) in [6.45, 7) is 1.18. The minimum atomic E-state index is -4.06. The molecule has 0 aromatic rings. The molecule has 0 radical (unpaired) electrons. The largest absolute Gasteiger partial charge is 0.389 e. The Bertz CT molecular complexity index is 243. The van der Waals surface area contributed by atoms with Crippen LogP contribution in [0.3, 0.4) is 0 Å². The van der Waals surface area contributed by atoms with Crippen molar-refractivity contribution >= 4 is 0 Å². The van der Waals surface area contributed by atoms with Crippen LogP contribution in [-0.4, -0.2) is 43.2 Å². The fourth-order valence-electron chi connectivity index (χ4n) is 2.38. The van der Waals surface area contributed by atoms with Crippen LogP contribution < -0.4 is 5.32 Å². The number of hydrogen-bond donors (Lipinski definition) is 2. The lowest BCUT2D eigenvalue weighted by atomic mass is 9.98. The molecule has 120 valence electrons. The molecule has 6 heteroatoms. The van der Waals surface area contributed by atoms with E-state index in [1.807, 2.05) is 0 Å². The van der Waals surface area contributed by atoms with Gasteiger partial charge in [0.1, 0.15) is 0 Å². The molecule has 0 bridgehead atoms. The second-order valence-electron chi connectivity index (χ2n) is 5.52. The minimum absolute atomic E-state index is 0.130. The Morgan fingerprint density at radius 2 is 1.85 bits per heavy atom. The monoisotopic (exact) mass is 297 g/mol. The van der Waals surface area contributed by atoms with E-state index in [4.69, 9.17) is 4.74 Å². The molecule has 0 amide bonds. The zero-order valence-electron chi connectivity index (χ0n) is 11.9. The molecule has 1 aliphatic carbocycles. The maximum atomic E-state index is 11.9. The Kier molecular flexibility index (Phi) is 8.49. The molecule has 1 fully saturated rings. The first kappa shape index (κ1) is 17.7. The van der Waals surface area contributed by atoms with Gasteiger partial charge in [-0.05, 0) is 32.2 Å². The van der Waals surface area contributed by atoms with Crippen LogP contribution in [0.2, 0.25) is 0 Å². The Morgan fingerprint density at radius 1 is 1.15 bits per heavy atom. The van der Waals surface area contributed by atoms with Crippen molar-refractivity contribution in [1.29, 1.82) is 0 Å². The van der Waals surface area contributed by atoms with Crippen molar-refractivity contribution in [2.24, 2.45) is 0 Å². The topological polar surface area (TPSA) is 41.5 Å². The number of aliphatic hydroxyl groups excluding tert-OH is 1. The normalized spacial score (nSPS) is 19.2. The van der Waals surface area contributed by atoms with Crippen LogP contribution in [0.1, 0.15) is 51.4 Å². The second-order valence-corrected chi connectivity index (χ2v) is 5.52. The predicted octanol–water partition coefficient (Wildman–Crippen LogP) is 3.02. The molecule has 1 unspecified atom stereocenters. The van der Waals surface area contributed by atoms with Gasteiger partial charge in [0.25, 0.3) is 0 Å². The number of alkyl halides is 3. The molecule has 0 aromatic heterocycles. The third-order valence-corrected chi connectivity index (χ3v) is 3.52. The number of halogens is 3. The van der Waals surface area contributed by atoms with E-state index in [9.17, 15) is 18.3 Å². The van der Waals surface area contributed by atoms with Gasteiger partial charge in [-0.25, -0.2) is 0 Å². The zero-order valence-corrected chi connectivity index (χ0v) is 11.9. The molecule has 1 rings (SSSR count). The summed E-state index contributed by atoms with van der Waals surface area (Å²) in [5.74, 6) is 0. The SMILES string of the molecule is OC(CNCCCCC(F)(F)F)COC1CCCCC1. The van der Waals surface area contributed by atoms with Gasteiger partial charge < -0.3 is 15.2 Å². The zero-order chi connectivity index (χ0) is 14.8. The van der Waals surface area contributed by atoms with Crippen molar-refractivity contribution in [3.05, 3.63) is 0 Å². The number of unbranched alkanes of at least 4 members (excludes halogenated alkanes) is 1. The van der Waals surface area contributed by atoms with Gasteiger partial charge in [0.2, 0.25) is 0 Å². The van der Waals surface area contributed by atoms with Gasteiger partial charge >= 0.3 is 6.18 Å². The molecule has 1 aliphatic rings. The molecular weight excluding hydrogens is 271 g/mol. The van der Waals surface area contributed by atoms with Crippen molar-refractivity contribution in [3.63, 3.8) is 0 Å². The lowest BCUT2D eigenvalue weighted by molar-refractivity contribution is -0.135. The van der Waals surface area contributed by atoms with Crippen molar-refractivity contribution in [3.8, 4) is 0 Å². The maximum Gasteiger partial charge on any atom is 0.389 e. The smallest absolute Gasteiger partial charge is 0.389 e. The molecule has 0 heterocycles. The van der Waals surface area contributed by atoms with Crippen LogP contribution in [-0.2, 0) is 4.74 Å². The highest BCUT2D eigenvalue weighted by Crippen LogP contribution is 2.22. The fourth-order valence-corrected chi connectivity index (χ4v) is 2.38. The predicted molar refractivity (Wildman–Crippen MR) is 71.6 cm³/mol. The third-order valence-electron chi connectivity index (χ3n) is 3.52. The van der Waals surface area contributed by atoms with Gasteiger partial charge in [-0.15, -0.1) is 0 Å². The molecule has 0 aromatic carbocycles. The van der Waals surface area contributed by atoms with E-state index in [0.717, 1.165) is 12.8 Å². The molecule has 0 aliphatic heterocycles. The Hall–Kier alpha value is -0.330. The summed E-state index contributed by atoms with van der Waals surface area (Å²) >= 11 is 0. The van der Waals surface area contributed by atoms with Gasteiger partial charge in [-0.1, -0.05) is 19.3 Å². The molecule has 20 heavy (non-hydrogen) atoms. The van der Waals surface area contributed by atoms with Gasteiger partial charge in [0, 0.05) is 13.0 Å². The van der Waals surface area contributed by atoms with Crippen LogP contribution in [0.25, 0.3) is 0 Å². The molecular formula is C14H26F3NO2. The van der Waals surface area contributed by atoms with Crippen molar-refractivity contribution in [2.75, 3.05) is 19.7 Å². The minimum Gasteiger partial charge on any atom is -0.389 e. The van der Waals surface area contributed by atoms with E-state index < -0.39 is 18.7 Å². The highest BCUT2D eigenvalue weighted by atomic mass is 19.4. The Morgan fingerprint density at radius 3 is 2.50 bits per heavy atom. The first-order valence-electron chi connectivity index (χ1n) is 7.54. The molecule has 2 N–H and O–H groups in total. The van der Waals surface area contributed by atoms with Crippen molar-refractivity contribution < 1.29 is 23.0 Å². The summed E-state index contributed by atoms with van der Waals surface area (Å²) in [6.07, 6.45) is 1.27. The Labute approximate surface area is 118 Å². The van der Waals surface area contributed by atoms with Crippen molar-refractivity contribution in [1.82, 2.24) is 5.32 Å². The van der Waals surface area contributed by atoms with Gasteiger partial charge in [0.15, 0.2) is 0 Å². The van der Waals surface area contributed by atoms with Crippen LogP contribution in [0.4, 0.5) is 13.2 Å². The standard InChI is InChI=1S/C14H26F3NO2/c15-14(16,17)8-4-5-9-18-10-12(19)11-20-13-6-2-1-3-7-13/h12-13,18-19H,1-11H2. The van der Waals surface area contributed by atoms with Crippen LogP contribution in [0.15, 0.2) is 0 Å². The lowest BCUT2D eigenvalue weighted by Gasteiger charge is -2.23. The molecule has 1 atom stereocenters. The molecule has 0 saturated heterocycles. The number of rotatable bonds is 9. The average molecular weight is 297 g/mol. The first-order valence-corrected chi connectivity index (χ1v) is 7.54. The third kappa shape index (κ3) is 9.55. The summed E-state index contributed by atoms with van der Waals surface area (Å²) in [7, 11) is 0. The van der Waals surface area contributed by atoms with E-state index in [2.05, 4.69) is 5.32 Å². The molecule has 0 spiro atoms. The van der Waals surface area contributed by atoms with Gasteiger partial charge in [0.05, 0.1) is 18.8 Å². The quantitative estimate of drug-likeness (QED) is 0.643. The summed E-state index contributed by atoms with van der Waals surface area (Å²) < 4.78 is 41.3. The molecule has 1 saturated carbocycles. The summed E-state index contributed by atoms with van der Waals surface area (Å²) in [5, 5.41) is 12.7. The number of hydrogen-bond acceptors (Lipinski definition) is 3. The van der Waals surface area contributed by atoms with Crippen LogP contribution in [0, 0.1) is 0 Å². The second kappa shape index (κ2) is 9.58. The van der Waals surface area contributed by atoms with E-state index in [0.29, 0.717) is 26.1 Å². The van der Waals surface area contributed by atoms with Crippen LogP contribution in [0.5, 0.6) is 0 Å². The summed E-state index contributed by atoms with van der Waals surface area (Å²) in [4.78, 5) is 0. The number of ether oxygens (including phenoxy) is 1. The Balaban J connectivity index is 1.90. The first-order chi connectivity index (χ1) is 9.47. The lowest BCUT2D eigenvalue weighted by Crippen LogP contribution is -2.33. The van der Waals surface area contributed by atoms with Gasteiger partial charge in [-0.2, -0.15) is 13.2 Å². The maximum absolute atomic E-state index is 11.9. The highest BCUT2D eigenvalue weighted by molar-refractivity contribution is 4.67.